The van der Waals surface area contributed by atoms with E-state index in [1.54, 1.807) is 6.07 Å². The molecule has 0 bridgehead atoms. The van der Waals surface area contributed by atoms with Crippen LogP contribution in [0.15, 0.2) is 60.8 Å². The SMILES string of the molecule is C[C@H]1CN2CCN(Cc3cnc4ccccc4c3)C[C@H]2C[C@@]1(C)c1cccc(O)c1. The number of piperazine rings is 1. The molecule has 0 spiro atoms. The van der Waals surface area contributed by atoms with Gasteiger partial charge >= 0.3 is 0 Å². The van der Waals surface area contributed by atoms with E-state index in [2.05, 4.69) is 59.0 Å². The van der Waals surface area contributed by atoms with Gasteiger partial charge in [0.25, 0.3) is 0 Å². The fourth-order valence-electron chi connectivity index (χ4n) is 5.50. The van der Waals surface area contributed by atoms with Crippen LogP contribution in [0.25, 0.3) is 10.9 Å². The molecule has 1 aromatic heterocycles. The molecule has 0 amide bonds. The number of phenolic OH excluding ortho intramolecular Hbond substituents is 1. The second-order valence-corrected chi connectivity index (χ2v) is 9.49. The molecule has 2 aliphatic rings. The molecule has 3 atom stereocenters. The highest BCUT2D eigenvalue weighted by Gasteiger charge is 2.44. The summed E-state index contributed by atoms with van der Waals surface area (Å²) in [5.74, 6) is 0.934. The maximum atomic E-state index is 10.0. The highest BCUT2D eigenvalue weighted by atomic mass is 16.3. The minimum atomic E-state index is 0.0907. The maximum Gasteiger partial charge on any atom is 0.115 e. The molecule has 0 saturated carbocycles. The summed E-state index contributed by atoms with van der Waals surface area (Å²) in [6.45, 7) is 10.2. The standard InChI is InChI=1S/C26H31N3O/c1-19-16-29-11-10-28(17-20-12-21-6-3-4-9-25(21)27-15-20)18-23(29)14-26(19,2)22-7-5-8-24(30)13-22/h3-9,12-13,15,19,23,30H,10-11,14,16-18H2,1-2H3/t19-,23+,26+/m0/s1. The smallest absolute Gasteiger partial charge is 0.115 e. The largest absolute Gasteiger partial charge is 0.508 e. The molecule has 5 rings (SSSR count). The van der Waals surface area contributed by atoms with Crippen LogP contribution in [-0.4, -0.2) is 52.1 Å². The Morgan fingerprint density at radius 2 is 1.93 bits per heavy atom. The second-order valence-electron chi connectivity index (χ2n) is 9.49. The maximum absolute atomic E-state index is 10.0. The van der Waals surface area contributed by atoms with Gasteiger partial charge in [0.2, 0.25) is 0 Å². The lowest BCUT2D eigenvalue weighted by Gasteiger charge is -2.53. The van der Waals surface area contributed by atoms with Gasteiger partial charge in [0.05, 0.1) is 5.52 Å². The first-order valence-electron chi connectivity index (χ1n) is 11.1. The highest BCUT2D eigenvalue weighted by molar-refractivity contribution is 5.78. The van der Waals surface area contributed by atoms with Gasteiger partial charge in [-0.2, -0.15) is 0 Å². The van der Waals surface area contributed by atoms with Gasteiger partial charge in [0.15, 0.2) is 0 Å². The molecular weight excluding hydrogens is 370 g/mol. The number of aromatic hydroxyl groups is 1. The number of benzene rings is 2. The molecule has 4 nitrogen and oxygen atoms in total. The number of hydrogen-bond donors (Lipinski definition) is 1. The number of rotatable bonds is 3. The van der Waals surface area contributed by atoms with E-state index in [0.717, 1.165) is 44.7 Å². The number of hydrogen-bond acceptors (Lipinski definition) is 4. The summed E-state index contributed by atoms with van der Waals surface area (Å²) in [5, 5.41) is 11.3. The quantitative estimate of drug-likeness (QED) is 0.705. The third-order valence-electron chi connectivity index (χ3n) is 7.50. The molecule has 2 aliphatic heterocycles. The Balaban J connectivity index is 1.33. The zero-order valence-electron chi connectivity index (χ0n) is 18.0. The van der Waals surface area contributed by atoms with Crippen LogP contribution in [0.3, 0.4) is 0 Å². The van der Waals surface area contributed by atoms with Crippen molar-refractivity contribution < 1.29 is 5.11 Å². The molecule has 2 fully saturated rings. The Bertz CT molecular complexity index is 1050. The predicted molar refractivity (Wildman–Crippen MR) is 122 cm³/mol. The summed E-state index contributed by atoms with van der Waals surface area (Å²) in [4.78, 5) is 9.92. The summed E-state index contributed by atoms with van der Waals surface area (Å²) in [6.07, 6.45) is 3.17. The van der Waals surface area contributed by atoms with Crippen molar-refractivity contribution in [2.24, 2.45) is 5.92 Å². The summed E-state index contributed by atoms with van der Waals surface area (Å²) < 4.78 is 0. The van der Waals surface area contributed by atoms with E-state index >= 15 is 0 Å². The first-order valence-corrected chi connectivity index (χ1v) is 11.1. The van der Waals surface area contributed by atoms with Crippen molar-refractivity contribution in [3.8, 4) is 5.75 Å². The van der Waals surface area contributed by atoms with Gasteiger partial charge in [0.1, 0.15) is 5.75 Å². The molecule has 0 aliphatic carbocycles. The lowest BCUT2D eigenvalue weighted by atomic mass is 9.65. The van der Waals surface area contributed by atoms with E-state index in [-0.39, 0.29) is 5.41 Å². The molecular formula is C26H31N3O. The van der Waals surface area contributed by atoms with Crippen LogP contribution >= 0.6 is 0 Å². The number of para-hydroxylation sites is 1. The fourth-order valence-corrected chi connectivity index (χ4v) is 5.50. The van der Waals surface area contributed by atoms with Crippen LogP contribution in [0.5, 0.6) is 5.75 Å². The monoisotopic (exact) mass is 401 g/mol. The summed E-state index contributed by atoms with van der Waals surface area (Å²) in [7, 11) is 0. The molecule has 2 saturated heterocycles. The van der Waals surface area contributed by atoms with Crippen LogP contribution in [0.4, 0.5) is 0 Å². The van der Waals surface area contributed by atoms with Gasteiger partial charge in [-0.1, -0.05) is 44.2 Å². The third-order valence-corrected chi connectivity index (χ3v) is 7.50. The van der Waals surface area contributed by atoms with Gasteiger partial charge < -0.3 is 5.11 Å². The van der Waals surface area contributed by atoms with Crippen LogP contribution in [-0.2, 0) is 12.0 Å². The van der Waals surface area contributed by atoms with Crippen molar-refractivity contribution in [3.05, 3.63) is 71.9 Å². The van der Waals surface area contributed by atoms with Crippen molar-refractivity contribution in [1.29, 1.82) is 0 Å². The van der Waals surface area contributed by atoms with E-state index in [9.17, 15) is 5.11 Å². The molecule has 3 aromatic rings. The average Bonchev–Trinajstić information content (AvgIpc) is 2.75. The molecule has 3 heterocycles. The number of nitrogens with zero attached hydrogens (tertiary/aromatic N) is 3. The van der Waals surface area contributed by atoms with Crippen molar-refractivity contribution >= 4 is 10.9 Å². The third kappa shape index (κ3) is 3.59. The van der Waals surface area contributed by atoms with Crippen molar-refractivity contribution in [1.82, 2.24) is 14.8 Å². The van der Waals surface area contributed by atoms with Crippen molar-refractivity contribution in [2.45, 2.75) is 38.3 Å². The van der Waals surface area contributed by atoms with E-state index < -0.39 is 0 Å². The molecule has 2 aromatic carbocycles. The Hall–Kier alpha value is -2.43. The zero-order chi connectivity index (χ0) is 20.7. The zero-order valence-corrected chi connectivity index (χ0v) is 18.0. The fraction of sp³-hybridized carbons (Fsp3) is 0.423. The minimum absolute atomic E-state index is 0.0907. The molecule has 1 N–H and O–H groups in total. The average molecular weight is 402 g/mol. The van der Waals surface area contributed by atoms with Crippen LogP contribution in [0.2, 0.25) is 0 Å². The lowest BCUT2D eigenvalue weighted by Crippen LogP contribution is -2.60. The van der Waals surface area contributed by atoms with Crippen LogP contribution in [0, 0.1) is 5.92 Å². The molecule has 0 unspecified atom stereocenters. The summed E-state index contributed by atoms with van der Waals surface area (Å²) in [6, 6.07) is 19.1. The Morgan fingerprint density at radius 3 is 2.80 bits per heavy atom. The molecule has 4 heteroatoms. The summed E-state index contributed by atoms with van der Waals surface area (Å²) in [5.41, 5.74) is 3.72. The van der Waals surface area contributed by atoms with Gasteiger partial charge in [-0.25, -0.2) is 0 Å². The normalized spacial score (nSPS) is 27.8. The topological polar surface area (TPSA) is 39.6 Å². The Morgan fingerprint density at radius 1 is 1.07 bits per heavy atom. The number of fused-ring (bicyclic) bond motifs is 2. The van der Waals surface area contributed by atoms with E-state index in [0.29, 0.717) is 17.7 Å². The first kappa shape index (κ1) is 19.5. The Kier molecular flexibility index (Phi) is 5.00. The number of piperidine rings is 1. The predicted octanol–water partition coefficient (Wildman–Crippen LogP) is 4.42. The summed E-state index contributed by atoms with van der Waals surface area (Å²) >= 11 is 0. The first-order chi connectivity index (χ1) is 14.5. The van der Waals surface area contributed by atoms with Crippen LogP contribution < -0.4 is 0 Å². The highest BCUT2D eigenvalue weighted by Crippen LogP contribution is 2.43. The number of aromatic nitrogens is 1. The molecule has 156 valence electrons. The van der Waals surface area contributed by atoms with Gasteiger partial charge in [0, 0.05) is 50.3 Å². The van der Waals surface area contributed by atoms with Crippen LogP contribution in [0.1, 0.15) is 31.4 Å². The van der Waals surface area contributed by atoms with E-state index in [1.165, 1.54) is 16.5 Å². The van der Waals surface area contributed by atoms with E-state index in [1.807, 2.05) is 24.4 Å². The van der Waals surface area contributed by atoms with Gasteiger partial charge in [-0.05, 0) is 53.1 Å². The molecule has 0 radical (unpaired) electrons. The minimum Gasteiger partial charge on any atom is -0.508 e. The number of phenols is 1. The lowest BCUT2D eigenvalue weighted by molar-refractivity contribution is -0.00559. The van der Waals surface area contributed by atoms with Gasteiger partial charge in [-0.15, -0.1) is 0 Å². The van der Waals surface area contributed by atoms with Crippen molar-refractivity contribution in [3.63, 3.8) is 0 Å². The second kappa shape index (κ2) is 7.68. The van der Waals surface area contributed by atoms with Crippen molar-refractivity contribution in [2.75, 3.05) is 26.2 Å². The Labute approximate surface area is 179 Å². The number of pyridine rings is 1. The van der Waals surface area contributed by atoms with Gasteiger partial charge in [-0.3, -0.25) is 14.8 Å². The van der Waals surface area contributed by atoms with E-state index in [4.69, 9.17) is 0 Å². The molecule has 30 heavy (non-hydrogen) atoms.